The average molecular weight is 456 g/mol. The second kappa shape index (κ2) is 10.6. The van der Waals surface area contributed by atoms with Crippen LogP contribution in [-0.2, 0) is 4.79 Å². The van der Waals surface area contributed by atoms with Crippen LogP contribution in [0.15, 0.2) is 71.8 Å². The Labute approximate surface area is 189 Å². The highest BCUT2D eigenvalue weighted by molar-refractivity contribution is 6.32. The normalized spacial score (nSPS) is 10.7. The lowest BCUT2D eigenvalue weighted by molar-refractivity contribution is -0.118. The number of para-hydroxylation sites is 1. The second-order valence-electron chi connectivity index (χ2n) is 6.55. The van der Waals surface area contributed by atoms with Gasteiger partial charge in [-0.1, -0.05) is 41.4 Å². The molecule has 8 heteroatoms. The van der Waals surface area contributed by atoms with Gasteiger partial charge < -0.3 is 10.1 Å². The number of aryl methyl sites for hydroxylation is 1. The van der Waals surface area contributed by atoms with Gasteiger partial charge in [-0.2, -0.15) is 5.10 Å². The minimum absolute atomic E-state index is 0.182. The molecule has 0 heterocycles. The molecule has 0 aliphatic heterocycles. The van der Waals surface area contributed by atoms with E-state index < -0.39 is 0 Å². The third kappa shape index (κ3) is 6.57. The molecule has 0 aromatic heterocycles. The smallest absolute Gasteiger partial charge is 0.271 e. The number of hydrazone groups is 1. The molecule has 158 valence electrons. The van der Waals surface area contributed by atoms with E-state index in [1.165, 1.54) is 6.21 Å². The lowest BCUT2D eigenvalue weighted by Crippen LogP contribution is -2.20. The van der Waals surface area contributed by atoms with Crippen molar-refractivity contribution in [2.45, 2.75) is 6.92 Å². The molecule has 0 spiro atoms. The van der Waals surface area contributed by atoms with Gasteiger partial charge in [-0.3, -0.25) is 9.59 Å². The molecule has 0 saturated carbocycles. The first-order chi connectivity index (χ1) is 14.9. The zero-order valence-electron chi connectivity index (χ0n) is 16.6. The lowest BCUT2D eigenvalue weighted by atomic mass is 10.2. The van der Waals surface area contributed by atoms with Crippen LogP contribution < -0.4 is 15.5 Å². The largest absolute Gasteiger partial charge is 0.482 e. The third-order valence-electron chi connectivity index (χ3n) is 4.22. The predicted molar refractivity (Wildman–Crippen MR) is 123 cm³/mol. The Bertz CT molecular complexity index is 1120. The number of anilines is 1. The predicted octanol–water partition coefficient (Wildman–Crippen LogP) is 5.08. The number of nitrogens with one attached hydrogen (secondary N) is 2. The van der Waals surface area contributed by atoms with Crippen LogP contribution in [0.3, 0.4) is 0 Å². The molecule has 2 amide bonds. The number of halogens is 2. The Morgan fingerprint density at radius 1 is 1.03 bits per heavy atom. The van der Waals surface area contributed by atoms with Crippen molar-refractivity contribution < 1.29 is 14.3 Å². The first-order valence-corrected chi connectivity index (χ1v) is 10.0. The third-order valence-corrected chi connectivity index (χ3v) is 4.77. The standard InChI is InChI=1S/C23H19Cl2N3O3/c1-15-4-2-3-5-20(15)27-22(29)14-31-21-11-6-16(12-19(21)25)13-26-28-23(30)17-7-9-18(24)10-8-17/h2-13H,14H2,1H3,(H,27,29)(H,28,30)/b26-13+. The van der Waals surface area contributed by atoms with Crippen molar-refractivity contribution >= 4 is 46.9 Å². The minimum atomic E-state index is -0.362. The summed E-state index contributed by atoms with van der Waals surface area (Å²) >= 11 is 12.0. The van der Waals surface area contributed by atoms with E-state index in [0.29, 0.717) is 26.9 Å². The fourth-order valence-electron chi connectivity index (χ4n) is 2.59. The van der Waals surface area contributed by atoms with E-state index in [1.807, 2.05) is 31.2 Å². The fourth-order valence-corrected chi connectivity index (χ4v) is 2.96. The summed E-state index contributed by atoms with van der Waals surface area (Å²) in [7, 11) is 0. The number of amides is 2. The molecule has 0 bridgehead atoms. The molecule has 6 nitrogen and oxygen atoms in total. The highest BCUT2D eigenvalue weighted by Crippen LogP contribution is 2.25. The summed E-state index contributed by atoms with van der Waals surface area (Å²) in [6.45, 7) is 1.73. The molecule has 0 fully saturated rings. The van der Waals surface area contributed by atoms with Crippen LogP contribution in [0.1, 0.15) is 21.5 Å². The van der Waals surface area contributed by atoms with Crippen LogP contribution in [0.25, 0.3) is 0 Å². The first-order valence-electron chi connectivity index (χ1n) is 9.29. The average Bonchev–Trinajstić information content (AvgIpc) is 2.75. The number of benzene rings is 3. The van der Waals surface area contributed by atoms with Crippen molar-refractivity contribution in [3.8, 4) is 5.75 Å². The molecule has 2 N–H and O–H groups in total. The number of hydrogen-bond donors (Lipinski definition) is 2. The van der Waals surface area contributed by atoms with Crippen molar-refractivity contribution in [2.75, 3.05) is 11.9 Å². The number of carbonyl (C=O) groups excluding carboxylic acids is 2. The van der Waals surface area contributed by atoms with E-state index in [-0.39, 0.29) is 18.4 Å². The van der Waals surface area contributed by atoms with Crippen LogP contribution in [0.2, 0.25) is 10.0 Å². The zero-order valence-corrected chi connectivity index (χ0v) is 18.1. The molecular formula is C23H19Cl2N3O3. The van der Waals surface area contributed by atoms with Crippen LogP contribution >= 0.6 is 23.2 Å². The molecule has 0 atom stereocenters. The Hall–Kier alpha value is -3.35. The summed E-state index contributed by atoms with van der Waals surface area (Å²) in [6, 6.07) is 18.9. The van der Waals surface area contributed by atoms with E-state index in [9.17, 15) is 9.59 Å². The molecule has 31 heavy (non-hydrogen) atoms. The van der Waals surface area contributed by atoms with Gasteiger partial charge in [0, 0.05) is 16.3 Å². The van der Waals surface area contributed by atoms with Crippen molar-refractivity contribution in [1.82, 2.24) is 5.43 Å². The van der Waals surface area contributed by atoms with Crippen molar-refractivity contribution in [3.05, 3.63) is 93.5 Å². The first kappa shape index (κ1) is 22.3. The van der Waals surface area contributed by atoms with Gasteiger partial charge in [0.15, 0.2) is 6.61 Å². The van der Waals surface area contributed by atoms with Gasteiger partial charge in [0.1, 0.15) is 5.75 Å². The molecule has 0 saturated heterocycles. The highest BCUT2D eigenvalue weighted by Gasteiger charge is 2.08. The molecule has 3 aromatic rings. The number of ether oxygens (including phenoxy) is 1. The maximum Gasteiger partial charge on any atom is 0.271 e. The Morgan fingerprint density at radius 3 is 2.48 bits per heavy atom. The molecule has 3 rings (SSSR count). The van der Waals surface area contributed by atoms with Gasteiger partial charge in [-0.15, -0.1) is 0 Å². The van der Waals surface area contributed by atoms with Crippen molar-refractivity contribution in [3.63, 3.8) is 0 Å². The number of nitrogens with zero attached hydrogens (tertiary/aromatic N) is 1. The van der Waals surface area contributed by atoms with Gasteiger partial charge in [0.2, 0.25) is 0 Å². The number of rotatable bonds is 7. The summed E-state index contributed by atoms with van der Waals surface area (Å²) < 4.78 is 5.51. The van der Waals surface area contributed by atoms with Gasteiger partial charge >= 0.3 is 0 Å². The van der Waals surface area contributed by atoms with Crippen LogP contribution in [0.4, 0.5) is 5.69 Å². The fraction of sp³-hybridized carbons (Fsp3) is 0.0870. The van der Waals surface area contributed by atoms with Crippen molar-refractivity contribution in [1.29, 1.82) is 0 Å². The second-order valence-corrected chi connectivity index (χ2v) is 7.39. The summed E-state index contributed by atoms with van der Waals surface area (Å²) in [5.74, 6) is -0.288. The summed E-state index contributed by atoms with van der Waals surface area (Å²) in [5, 5.41) is 7.57. The van der Waals surface area contributed by atoms with Gasteiger partial charge in [0.05, 0.1) is 11.2 Å². The number of hydrogen-bond acceptors (Lipinski definition) is 4. The monoisotopic (exact) mass is 455 g/mol. The summed E-state index contributed by atoms with van der Waals surface area (Å²) in [5.41, 5.74) is 5.21. The Balaban J connectivity index is 1.52. The van der Waals surface area contributed by atoms with Crippen LogP contribution in [0, 0.1) is 6.92 Å². The quantitative estimate of drug-likeness (QED) is 0.384. The van der Waals surface area contributed by atoms with Gasteiger partial charge in [0.25, 0.3) is 11.8 Å². The molecule has 0 aliphatic carbocycles. The van der Waals surface area contributed by atoms with Crippen molar-refractivity contribution in [2.24, 2.45) is 5.10 Å². The van der Waals surface area contributed by atoms with Gasteiger partial charge in [-0.25, -0.2) is 5.43 Å². The molecule has 0 unspecified atom stereocenters. The van der Waals surface area contributed by atoms with E-state index in [4.69, 9.17) is 27.9 Å². The lowest BCUT2D eigenvalue weighted by Gasteiger charge is -2.10. The Morgan fingerprint density at radius 2 is 1.77 bits per heavy atom. The highest BCUT2D eigenvalue weighted by atomic mass is 35.5. The van der Waals surface area contributed by atoms with Crippen LogP contribution in [0.5, 0.6) is 5.75 Å². The molecule has 0 radical (unpaired) electrons. The summed E-state index contributed by atoms with van der Waals surface area (Å²) in [6.07, 6.45) is 1.45. The maximum absolute atomic E-state index is 12.1. The number of carbonyl (C=O) groups is 2. The van der Waals surface area contributed by atoms with E-state index in [0.717, 1.165) is 11.3 Å². The van der Waals surface area contributed by atoms with E-state index in [2.05, 4.69) is 15.8 Å². The summed E-state index contributed by atoms with van der Waals surface area (Å²) in [4.78, 5) is 24.1. The molecule has 0 aliphatic rings. The maximum atomic E-state index is 12.1. The topological polar surface area (TPSA) is 79.8 Å². The van der Waals surface area contributed by atoms with Crippen LogP contribution in [-0.4, -0.2) is 24.6 Å². The SMILES string of the molecule is Cc1ccccc1NC(=O)COc1ccc(/C=N/NC(=O)c2ccc(Cl)cc2)cc1Cl. The van der Waals surface area contributed by atoms with E-state index >= 15 is 0 Å². The van der Waals surface area contributed by atoms with E-state index in [1.54, 1.807) is 42.5 Å². The molecule has 3 aromatic carbocycles. The zero-order chi connectivity index (χ0) is 22.2. The van der Waals surface area contributed by atoms with Gasteiger partial charge in [-0.05, 0) is 66.6 Å². The Kier molecular flexibility index (Phi) is 7.65. The minimum Gasteiger partial charge on any atom is -0.482 e. The molecular weight excluding hydrogens is 437 g/mol.